The number of unbranched alkanes of at least 4 members (excludes halogenated alkanes) is 2. The van der Waals surface area contributed by atoms with Crippen LogP contribution in [0.15, 0.2) is 5.28 Å². The van der Waals surface area contributed by atoms with Crippen LogP contribution in [0.25, 0.3) is 0 Å². The van der Waals surface area contributed by atoms with E-state index in [1.54, 1.807) is 7.05 Å². The van der Waals surface area contributed by atoms with Gasteiger partial charge in [0.25, 0.3) is 0 Å². The van der Waals surface area contributed by atoms with Gasteiger partial charge in [0.1, 0.15) is 0 Å². The fourth-order valence-electron chi connectivity index (χ4n) is 1.14. The summed E-state index contributed by atoms with van der Waals surface area (Å²) in [5, 5.41) is 22.7. The fraction of sp³-hybridized carbons (Fsp3) is 1.00. The highest BCUT2D eigenvalue weighted by atomic mass is 16.6. The van der Waals surface area contributed by atoms with Crippen molar-refractivity contribution in [2.24, 2.45) is 11.0 Å². The lowest BCUT2D eigenvalue weighted by molar-refractivity contribution is -0.704. The van der Waals surface area contributed by atoms with Gasteiger partial charge in [0, 0.05) is 6.04 Å². The molecule has 3 N–H and O–H groups in total. The number of hydrogen-bond acceptors (Lipinski definition) is 3. The van der Waals surface area contributed by atoms with Crippen molar-refractivity contribution in [2.45, 2.75) is 38.6 Å². The lowest BCUT2D eigenvalue weighted by atomic mass is 10.1. The smallest absolute Gasteiger partial charge is 0.230 e. The molecule has 6 nitrogen and oxygen atoms in total. The second kappa shape index (κ2) is 7.37. The number of nitrogens with zero attached hydrogens (tertiary/aromatic N) is 3. The standard InChI is InChI=1S/C8H20N4O2/c1-8(9)6-4-3-5-7-11(2)12(14)10-13/h8,13H,3-7,9H2,1-2H3/b12-10+. The van der Waals surface area contributed by atoms with E-state index in [4.69, 9.17) is 10.9 Å². The van der Waals surface area contributed by atoms with Crippen LogP contribution >= 0.6 is 0 Å². The molecule has 6 heteroatoms. The van der Waals surface area contributed by atoms with E-state index in [2.05, 4.69) is 5.28 Å². The summed E-state index contributed by atoms with van der Waals surface area (Å²) in [6.07, 6.45) is 4.01. The molecule has 0 heterocycles. The van der Waals surface area contributed by atoms with Gasteiger partial charge in [-0.25, -0.2) is 0 Å². The van der Waals surface area contributed by atoms with Crippen molar-refractivity contribution in [2.75, 3.05) is 13.6 Å². The van der Waals surface area contributed by atoms with Gasteiger partial charge in [-0.1, -0.05) is 12.8 Å². The SMILES string of the molecule is CC(N)CCCCCN(C)/[N+]([O-])=N\O. The molecule has 0 bridgehead atoms. The average Bonchev–Trinajstić information content (AvgIpc) is 2.15. The summed E-state index contributed by atoms with van der Waals surface area (Å²) in [4.78, 5) is 0.172. The van der Waals surface area contributed by atoms with Gasteiger partial charge >= 0.3 is 0 Å². The molecule has 0 aromatic rings. The first-order valence-corrected chi connectivity index (χ1v) is 4.86. The van der Waals surface area contributed by atoms with Crippen molar-refractivity contribution in [3.05, 3.63) is 5.21 Å². The normalized spacial score (nSPS) is 14.1. The summed E-state index contributed by atoms with van der Waals surface area (Å²) in [6.45, 7) is 2.57. The largest absolute Gasteiger partial charge is 0.569 e. The van der Waals surface area contributed by atoms with Gasteiger partial charge in [0.15, 0.2) is 0 Å². The second-order valence-electron chi connectivity index (χ2n) is 3.55. The first kappa shape index (κ1) is 13.0. The lowest BCUT2D eigenvalue weighted by Crippen LogP contribution is -2.27. The Balaban J connectivity index is 3.36. The van der Waals surface area contributed by atoms with Crippen LogP contribution in [0.4, 0.5) is 0 Å². The Morgan fingerprint density at radius 3 is 2.64 bits per heavy atom. The molecule has 0 amide bonds. The molecule has 0 aliphatic carbocycles. The summed E-state index contributed by atoms with van der Waals surface area (Å²) in [5.41, 5.74) is 5.59. The van der Waals surface area contributed by atoms with Crippen molar-refractivity contribution in [1.82, 2.24) is 5.01 Å². The second-order valence-corrected chi connectivity index (χ2v) is 3.55. The van der Waals surface area contributed by atoms with Crippen LogP contribution in [0.3, 0.4) is 0 Å². The van der Waals surface area contributed by atoms with Crippen LogP contribution in [-0.4, -0.2) is 34.8 Å². The molecular formula is C8H20N4O2. The van der Waals surface area contributed by atoms with Crippen molar-refractivity contribution < 1.29 is 10.2 Å². The molecule has 0 saturated carbocycles. The van der Waals surface area contributed by atoms with Crippen molar-refractivity contribution in [3.8, 4) is 0 Å². The molecule has 1 unspecified atom stereocenters. The quantitative estimate of drug-likeness (QED) is 0.281. The van der Waals surface area contributed by atoms with E-state index in [0.717, 1.165) is 25.7 Å². The summed E-state index contributed by atoms with van der Waals surface area (Å²) in [6, 6.07) is 0.246. The number of hydrazine groups is 1. The van der Waals surface area contributed by atoms with E-state index < -0.39 is 0 Å². The molecule has 1 atom stereocenters. The predicted molar refractivity (Wildman–Crippen MR) is 52.6 cm³/mol. The predicted octanol–water partition coefficient (Wildman–Crippen LogP) is 1.09. The Hall–Kier alpha value is -1.04. The maximum Gasteiger partial charge on any atom is 0.230 e. The van der Waals surface area contributed by atoms with E-state index in [1.165, 1.54) is 5.01 Å². The maximum absolute atomic E-state index is 10.7. The van der Waals surface area contributed by atoms with Crippen LogP contribution in [0.1, 0.15) is 32.6 Å². The highest BCUT2D eigenvalue weighted by Crippen LogP contribution is 2.02. The third-order valence-corrected chi connectivity index (χ3v) is 2.01. The van der Waals surface area contributed by atoms with Gasteiger partial charge < -0.3 is 16.1 Å². The maximum atomic E-state index is 10.7. The number of nitrogens with two attached hydrogens (primary N) is 1. The van der Waals surface area contributed by atoms with Crippen molar-refractivity contribution in [3.63, 3.8) is 0 Å². The molecule has 0 aromatic carbocycles. The van der Waals surface area contributed by atoms with Crippen LogP contribution < -0.4 is 5.73 Å². The lowest BCUT2D eigenvalue weighted by Gasteiger charge is -2.11. The van der Waals surface area contributed by atoms with E-state index in [-0.39, 0.29) is 11.0 Å². The van der Waals surface area contributed by atoms with Gasteiger partial charge in [-0.05, 0) is 19.8 Å². The van der Waals surface area contributed by atoms with Gasteiger partial charge in [0.2, 0.25) is 5.28 Å². The minimum Gasteiger partial charge on any atom is -0.569 e. The Morgan fingerprint density at radius 2 is 2.14 bits per heavy atom. The zero-order chi connectivity index (χ0) is 11.0. The monoisotopic (exact) mass is 204 g/mol. The molecular weight excluding hydrogens is 184 g/mol. The zero-order valence-electron chi connectivity index (χ0n) is 8.89. The summed E-state index contributed by atoms with van der Waals surface area (Å²) in [5.74, 6) is 0. The minimum atomic E-state index is 0.172. The molecule has 0 aliphatic rings. The van der Waals surface area contributed by atoms with Gasteiger partial charge in [0.05, 0.1) is 18.6 Å². The number of rotatable bonds is 7. The Bertz CT molecular complexity index is 173. The first-order valence-electron chi connectivity index (χ1n) is 4.86. The summed E-state index contributed by atoms with van der Waals surface area (Å²) < 4.78 is 0. The Kier molecular flexibility index (Phi) is 6.82. The molecule has 0 radical (unpaired) electrons. The van der Waals surface area contributed by atoms with E-state index in [9.17, 15) is 5.21 Å². The molecule has 84 valence electrons. The van der Waals surface area contributed by atoms with Crippen LogP contribution in [0.5, 0.6) is 0 Å². The first-order chi connectivity index (χ1) is 6.57. The highest BCUT2D eigenvalue weighted by molar-refractivity contribution is 4.53. The van der Waals surface area contributed by atoms with Crippen molar-refractivity contribution >= 4 is 0 Å². The van der Waals surface area contributed by atoms with Crippen LogP contribution in [0, 0.1) is 5.21 Å². The van der Waals surface area contributed by atoms with E-state index in [1.807, 2.05) is 6.92 Å². The average molecular weight is 204 g/mol. The Morgan fingerprint density at radius 1 is 1.50 bits per heavy atom. The minimum absolute atomic E-state index is 0.172. The summed E-state index contributed by atoms with van der Waals surface area (Å²) >= 11 is 0. The fourth-order valence-corrected chi connectivity index (χ4v) is 1.14. The zero-order valence-corrected chi connectivity index (χ0v) is 8.89. The molecule has 0 rings (SSSR count). The van der Waals surface area contributed by atoms with Gasteiger partial charge in [-0.15, -0.1) is 5.01 Å². The highest BCUT2D eigenvalue weighted by Gasteiger charge is 2.04. The number of hydrogen-bond donors (Lipinski definition) is 2. The topological polar surface area (TPSA) is 87.9 Å². The van der Waals surface area contributed by atoms with Gasteiger partial charge in [-0.3, -0.25) is 0 Å². The van der Waals surface area contributed by atoms with Crippen LogP contribution in [-0.2, 0) is 0 Å². The molecule has 0 fully saturated rings. The third-order valence-electron chi connectivity index (χ3n) is 2.01. The van der Waals surface area contributed by atoms with E-state index >= 15 is 0 Å². The molecule has 14 heavy (non-hydrogen) atoms. The summed E-state index contributed by atoms with van der Waals surface area (Å²) in [7, 11) is 1.58. The Labute approximate surface area is 84.5 Å². The van der Waals surface area contributed by atoms with Gasteiger partial charge in [-0.2, -0.15) is 0 Å². The molecule has 0 aromatic heterocycles. The van der Waals surface area contributed by atoms with E-state index in [0.29, 0.717) is 6.54 Å². The molecule has 0 saturated heterocycles. The molecule has 0 aliphatic heterocycles. The van der Waals surface area contributed by atoms with Crippen molar-refractivity contribution in [1.29, 1.82) is 0 Å². The third kappa shape index (κ3) is 6.47. The van der Waals surface area contributed by atoms with Crippen LogP contribution in [0.2, 0.25) is 0 Å². The molecule has 0 spiro atoms.